The highest BCUT2D eigenvalue weighted by Crippen LogP contribution is 2.32. The van der Waals surface area contributed by atoms with E-state index in [4.69, 9.17) is 10.5 Å². The second-order valence-corrected chi connectivity index (χ2v) is 6.72. The summed E-state index contributed by atoms with van der Waals surface area (Å²) in [5.41, 5.74) is 14.7. The number of fused-ring (bicyclic) bond motifs is 1. The summed E-state index contributed by atoms with van der Waals surface area (Å²) in [6.07, 6.45) is 1.30. The van der Waals surface area contributed by atoms with E-state index in [0.717, 1.165) is 16.6 Å². The van der Waals surface area contributed by atoms with Crippen molar-refractivity contribution in [1.82, 2.24) is 20.4 Å². The Morgan fingerprint density at radius 2 is 1.83 bits per heavy atom. The fourth-order valence-corrected chi connectivity index (χ4v) is 2.98. The molecule has 0 fully saturated rings. The van der Waals surface area contributed by atoms with Gasteiger partial charge in [-0.05, 0) is 37.6 Å². The van der Waals surface area contributed by atoms with Crippen molar-refractivity contribution in [3.63, 3.8) is 0 Å². The average molecular weight is 400 g/mol. The van der Waals surface area contributed by atoms with Crippen LogP contribution in [0.2, 0.25) is 0 Å². The van der Waals surface area contributed by atoms with Crippen molar-refractivity contribution in [1.29, 1.82) is 0 Å². The first kappa shape index (κ1) is 19.1. The van der Waals surface area contributed by atoms with Crippen molar-refractivity contribution in [3.05, 3.63) is 77.7 Å². The number of hydrazine groups is 1. The molecule has 150 valence electrons. The van der Waals surface area contributed by atoms with Gasteiger partial charge in [0.1, 0.15) is 17.5 Å². The SMILES string of the molecule is Cc1ccc2cccc(Oc3ncnc(NNC(=O)c4ccccc4C)c3N)c2n1. The molecule has 8 heteroatoms. The van der Waals surface area contributed by atoms with Gasteiger partial charge in [0, 0.05) is 16.6 Å². The molecule has 0 spiro atoms. The van der Waals surface area contributed by atoms with Crippen molar-refractivity contribution in [2.24, 2.45) is 0 Å². The van der Waals surface area contributed by atoms with Crippen LogP contribution in [0.25, 0.3) is 10.9 Å². The minimum atomic E-state index is -0.303. The summed E-state index contributed by atoms with van der Waals surface area (Å²) in [5, 5.41) is 0.939. The van der Waals surface area contributed by atoms with Crippen molar-refractivity contribution in [2.75, 3.05) is 11.2 Å². The molecule has 0 radical (unpaired) electrons. The van der Waals surface area contributed by atoms with Crippen molar-refractivity contribution < 1.29 is 9.53 Å². The van der Waals surface area contributed by atoms with Gasteiger partial charge in [0.15, 0.2) is 11.6 Å². The molecular weight excluding hydrogens is 380 g/mol. The quantitative estimate of drug-likeness (QED) is 0.437. The molecule has 0 bridgehead atoms. The minimum Gasteiger partial charge on any atom is -0.435 e. The van der Waals surface area contributed by atoms with E-state index in [1.54, 1.807) is 18.2 Å². The van der Waals surface area contributed by atoms with Crippen LogP contribution in [-0.2, 0) is 0 Å². The van der Waals surface area contributed by atoms with Gasteiger partial charge in [0.2, 0.25) is 5.88 Å². The number of carbonyl (C=O) groups is 1. The molecule has 0 saturated heterocycles. The number of rotatable bonds is 5. The molecular formula is C22H20N6O2. The molecule has 4 rings (SSSR count). The molecule has 8 nitrogen and oxygen atoms in total. The van der Waals surface area contributed by atoms with E-state index in [-0.39, 0.29) is 23.3 Å². The number of nitrogens with one attached hydrogen (secondary N) is 2. The number of amides is 1. The number of para-hydroxylation sites is 1. The minimum absolute atomic E-state index is 0.159. The Morgan fingerprint density at radius 3 is 2.67 bits per heavy atom. The number of hydrogen-bond donors (Lipinski definition) is 3. The van der Waals surface area contributed by atoms with Gasteiger partial charge in [-0.2, -0.15) is 4.98 Å². The van der Waals surface area contributed by atoms with Gasteiger partial charge in [-0.1, -0.05) is 36.4 Å². The van der Waals surface area contributed by atoms with Crippen LogP contribution < -0.4 is 21.3 Å². The molecule has 2 heterocycles. The predicted molar refractivity (Wildman–Crippen MR) is 115 cm³/mol. The molecule has 1 amide bonds. The van der Waals surface area contributed by atoms with Crippen LogP contribution in [0, 0.1) is 13.8 Å². The average Bonchev–Trinajstić information content (AvgIpc) is 2.75. The Hall–Kier alpha value is -4.20. The van der Waals surface area contributed by atoms with Crippen molar-refractivity contribution >= 4 is 28.3 Å². The van der Waals surface area contributed by atoms with E-state index >= 15 is 0 Å². The molecule has 0 unspecified atom stereocenters. The maximum absolute atomic E-state index is 12.4. The fourth-order valence-electron chi connectivity index (χ4n) is 2.98. The number of anilines is 2. The van der Waals surface area contributed by atoms with E-state index in [2.05, 4.69) is 25.8 Å². The number of nitrogens with two attached hydrogens (primary N) is 1. The molecule has 0 saturated carbocycles. The highest BCUT2D eigenvalue weighted by atomic mass is 16.5. The Labute approximate surface area is 173 Å². The van der Waals surface area contributed by atoms with E-state index in [1.165, 1.54) is 6.33 Å². The molecule has 30 heavy (non-hydrogen) atoms. The van der Waals surface area contributed by atoms with Gasteiger partial charge in [-0.15, -0.1) is 0 Å². The number of nitrogen functional groups attached to an aromatic ring is 1. The number of nitrogens with zero attached hydrogens (tertiary/aromatic N) is 3. The van der Waals surface area contributed by atoms with Crippen molar-refractivity contribution in [2.45, 2.75) is 13.8 Å². The summed E-state index contributed by atoms with van der Waals surface area (Å²) in [7, 11) is 0. The zero-order chi connectivity index (χ0) is 21.1. The lowest BCUT2D eigenvalue weighted by Crippen LogP contribution is -2.30. The molecule has 0 atom stereocenters. The van der Waals surface area contributed by atoms with Crippen LogP contribution in [0.15, 0.2) is 60.9 Å². The molecule has 0 aliphatic carbocycles. The lowest BCUT2D eigenvalue weighted by molar-refractivity contribution is 0.0962. The summed E-state index contributed by atoms with van der Waals surface area (Å²) in [4.78, 5) is 25.2. The first-order valence-electron chi connectivity index (χ1n) is 9.29. The van der Waals surface area contributed by atoms with Crippen LogP contribution in [0.3, 0.4) is 0 Å². The molecule has 0 aliphatic heterocycles. The topological polar surface area (TPSA) is 115 Å². The number of carbonyl (C=O) groups excluding carboxylic acids is 1. The number of benzene rings is 2. The van der Waals surface area contributed by atoms with E-state index in [0.29, 0.717) is 16.8 Å². The summed E-state index contributed by atoms with van der Waals surface area (Å²) < 4.78 is 5.94. The normalized spacial score (nSPS) is 10.6. The Balaban J connectivity index is 1.56. The third-order valence-electron chi connectivity index (χ3n) is 4.56. The van der Waals surface area contributed by atoms with Crippen LogP contribution in [0.4, 0.5) is 11.5 Å². The van der Waals surface area contributed by atoms with Crippen LogP contribution in [-0.4, -0.2) is 20.9 Å². The highest BCUT2D eigenvalue weighted by molar-refractivity contribution is 5.96. The number of aryl methyl sites for hydroxylation is 2. The summed E-state index contributed by atoms with van der Waals surface area (Å²) in [6.45, 7) is 3.77. The Bertz CT molecular complexity index is 1240. The van der Waals surface area contributed by atoms with Gasteiger partial charge in [-0.25, -0.2) is 9.97 Å². The summed E-state index contributed by atoms with van der Waals surface area (Å²) in [6, 6.07) is 16.8. The summed E-state index contributed by atoms with van der Waals surface area (Å²) >= 11 is 0. The maximum Gasteiger partial charge on any atom is 0.269 e. The number of ether oxygens (including phenoxy) is 1. The van der Waals surface area contributed by atoms with Gasteiger partial charge >= 0.3 is 0 Å². The van der Waals surface area contributed by atoms with Crippen LogP contribution in [0.5, 0.6) is 11.6 Å². The van der Waals surface area contributed by atoms with Crippen molar-refractivity contribution in [3.8, 4) is 11.6 Å². The van der Waals surface area contributed by atoms with Gasteiger partial charge in [0.05, 0.1) is 0 Å². The third kappa shape index (κ3) is 3.83. The van der Waals surface area contributed by atoms with E-state index in [9.17, 15) is 4.79 Å². The van der Waals surface area contributed by atoms with Gasteiger partial charge in [-0.3, -0.25) is 15.6 Å². The first-order valence-corrected chi connectivity index (χ1v) is 9.29. The Morgan fingerprint density at radius 1 is 1.00 bits per heavy atom. The third-order valence-corrected chi connectivity index (χ3v) is 4.56. The zero-order valence-corrected chi connectivity index (χ0v) is 16.5. The maximum atomic E-state index is 12.4. The van der Waals surface area contributed by atoms with E-state index in [1.807, 2.05) is 50.2 Å². The smallest absolute Gasteiger partial charge is 0.269 e. The second-order valence-electron chi connectivity index (χ2n) is 6.72. The first-order chi connectivity index (χ1) is 14.5. The lowest BCUT2D eigenvalue weighted by atomic mass is 10.1. The van der Waals surface area contributed by atoms with Gasteiger partial charge in [0.25, 0.3) is 5.91 Å². The highest BCUT2D eigenvalue weighted by Gasteiger charge is 2.14. The standard InChI is InChI=1S/C22H20N6O2/c1-13-6-3-4-8-16(13)21(29)28-27-20-18(23)22(25-12-24-20)30-17-9-5-7-15-11-10-14(2)26-19(15)17/h3-12H,23H2,1-2H3,(H,28,29)(H,24,25,27). The zero-order valence-electron chi connectivity index (χ0n) is 16.5. The number of aromatic nitrogens is 3. The molecule has 4 aromatic rings. The van der Waals surface area contributed by atoms with Gasteiger partial charge < -0.3 is 10.5 Å². The summed E-state index contributed by atoms with van der Waals surface area (Å²) in [5.74, 6) is 0.610. The molecule has 2 aromatic heterocycles. The Kier molecular flexibility index (Phi) is 5.13. The lowest BCUT2D eigenvalue weighted by Gasteiger charge is -2.13. The molecule has 0 aliphatic rings. The van der Waals surface area contributed by atoms with Crippen LogP contribution >= 0.6 is 0 Å². The van der Waals surface area contributed by atoms with Crippen LogP contribution in [0.1, 0.15) is 21.6 Å². The largest absolute Gasteiger partial charge is 0.435 e. The number of hydrogen-bond acceptors (Lipinski definition) is 7. The fraction of sp³-hybridized carbons (Fsp3) is 0.0909. The predicted octanol–water partition coefficient (Wildman–Crippen LogP) is 3.77. The number of pyridine rings is 1. The van der Waals surface area contributed by atoms with E-state index < -0.39 is 0 Å². The monoisotopic (exact) mass is 400 g/mol. The molecule has 4 N–H and O–H groups in total. The second kappa shape index (κ2) is 8.04. The molecule has 2 aromatic carbocycles.